The van der Waals surface area contributed by atoms with Crippen molar-refractivity contribution in [3.8, 4) is 0 Å². The van der Waals surface area contributed by atoms with E-state index in [9.17, 15) is 4.39 Å². The van der Waals surface area contributed by atoms with Crippen molar-refractivity contribution in [1.29, 1.82) is 0 Å². The molecule has 0 saturated heterocycles. The van der Waals surface area contributed by atoms with E-state index in [0.29, 0.717) is 12.1 Å². The molecule has 0 aliphatic carbocycles. The van der Waals surface area contributed by atoms with Gasteiger partial charge in [-0.2, -0.15) is 11.3 Å². The quantitative estimate of drug-likeness (QED) is 0.909. The maximum atomic E-state index is 14.0. The minimum Gasteiger partial charge on any atom is -0.329 e. The van der Waals surface area contributed by atoms with Crippen LogP contribution in [0, 0.1) is 12.7 Å². The summed E-state index contributed by atoms with van der Waals surface area (Å²) in [6.45, 7) is 3.15. The maximum absolute atomic E-state index is 14.0. The third-order valence-electron chi connectivity index (χ3n) is 3.28. The number of likely N-dealkylation sites (N-methyl/N-ethyl adjacent to an activating group) is 1. The summed E-state index contributed by atoms with van der Waals surface area (Å²) in [5.74, 6) is -0.182. The normalized spacial score (nSPS) is 12.9. The number of halogens is 1. The van der Waals surface area contributed by atoms with Crippen LogP contribution in [0.2, 0.25) is 0 Å². The third kappa shape index (κ3) is 3.41. The van der Waals surface area contributed by atoms with Crippen molar-refractivity contribution in [2.45, 2.75) is 19.5 Å². The highest BCUT2D eigenvalue weighted by molar-refractivity contribution is 7.07. The predicted octanol–water partition coefficient (Wildman–Crippen LogP) is 3.33. The van der Waals surface area contributed by atoms with Gasteiger partial charge < -0.3 is 5.73 Å². The first-order valence-electron chi connectivity index (χ1n) is 6.29. The van der Waals surface area contributed by atoms with Gasteiger partial charge in [0.15, 0.2) is 0 Å². The first kappa shape index (κ1) is 14.2. The van der Waals surface area contributed by atoms with Crippen LogP contribution in [-0.2, 0) is 6.54 Å². The first-order chi connectivity index (χ1) is 9.11. The zero-order valence-electron chi connectivity index (χ0n) is 11.3. The Balaban J connectivity index is 2.21. The minimum atomic E-state index is -0.182. The van der Waals surface area contributed by atoms with Gasteiger partial charge in [-0.15, -0.1) is 0 Å². The Morgan fingerprint density at radius 2 is 2.16 bits per heavy atom. The molecule has 1 unspecified atom stereocenters. The van der Waals surface area contributed by atoms with Gasteiger partial charge in [0, 0.05) is 24.7 Å². The second-order valence-corrected chi connectivity index (χ2v) is 5.60. The van der Waals surface area contributed by atoms with E-state index in [-0.39, 0.29) is 11.9 Å². The lowest BCUT2D eigenvalue weighted by Crippen LogP contribution is -2.30. The third-order valence-corrected chi connectivity index (χ3v) is 4.01. The topological polar surface area (TPSA) is 29.3 Å². The van der Waals surface area contributed by atoms with E-state index in [1.54, 1.807) is 17.4 Å². The fourth-order valence-electron chi connectivity index (χ4n) is 2.24. The lowest BCUT2D eigenvalue weighted by Gasteiger charge is -2.27. The summed E-state index contributed by atoms with van der Waals surface area (Å²) in [5, 5.41) is 4.16. The van der Waals surface area contributed by atoms with Crippen molar-refractivity contribution < 1.29 is 4.39 Å². The van der Waals surface area contributed by atoms with Gasteiger partial charge in [0.1, 0.15) is 5.82 Å². The molecule has 1 aromatic heterocycles. The highest BCUT2D eigenvalue weighted by Gasteiger charge is 2.19. The molecule has 2 aromatic rings. The molecule has 19 heavy (non-hydrogen) atoms. The summed E-state index contributed by atoms with van der Waals surface area (Å²) in [5.41, 5.74) is 8.82. The van der Waals surface area contributed by atoms with E-state index in [1.165, 1.54) is 11.6 Å². The smallest absolute Gasteiger partial charge is 0.128 e. The van der Waals surface area contributed by atoms with Crippen molar-refractivity contribution in [1.82, 2.24) is 4.90 Å². The lowest BCUT2D eigenvalue weighted by atomic mass is 10.0. The lowest BCUT2D eigenvalue weighted by molar-refractivity contribution is 0.237. The molecule has 0 saturated carbocycles. The van der Waals surface area contributed by atoms with Crippen LogP contribution in [0.4, 0.5) is 4.39 Å². The van der Waals surface area contributed by atoms with Crippen LogP contribution in [0.1, 0.15) is 22.7 Å². The zero-order valence-corrected chi connectivity index (χ0v) is 12.1. The van der Waals surface area contributed by atoms with Crippen LogP contribution in [0.15, 0.2) is 35.0 Å². The SMILES string of the molecule is Cc1ccc(F)c(C(CN)N(C)Cc2ccsc2)c1. The van der Waals surface area contributed by atoms with Gasteiger partial charge in [-0.3, -0.25) is 4.90 Å². The van der Waals surface area contributed by atoms with E-state index in [1.807, 2.05) is 25.4 Å². The molecule has 4 heteroatoms. The van der Waals surface area contributed by atoms with Crippen LogP contribution in [-0.4, -0.2) is 18.5 Å². The molecular formula is C15H19FN2S. The van der Waals surface area contributed by atoms with Crippen LogP contribution >= 0.6 is 11.3 Å². The highest BCUT2D eigenvalue weighted by Crippen LogP contribution is 2.24. The molecule has 0 fully saturated rings. The summed E-state index contributed by atoms with van der Waals surface area (Å²) in [4.78, 5) is 2.10. The molecule has 1 aromatic carbocycles. The van der Waals surface area contributed by atoms with E-state index in [4.69, 9.17) is 5.73 Å². The summed E-state index contributed by atoms with van der Waals surface area (Å²) in [6.07, 6.45) is 0. The van der Waals surface area contributed by atoms with Crippen molar-refractivity contribution in [2.75, 3.05) is 13.6 Å². The standard InChI is InChI=1S/C15H19FN2S/c1-11-3-4-14(16)13(7-11)15(8-17)18(2)9-12-5-6-19-10-12/h3-7,10,15H,8-9,17H2,1-2H3. The average Bonchev–Trinajstić information content (AvgIpc) is 2.87. The fraction of sp³-hybridized carbons (Fsp3) is 0.333. The second-order valence-electron chi connectivity index (χ2n) is 4.82. The van der Waals surface area contributed by atoms with Crippen LogP contribution in [0.5, 0.6) is 0 Å². The van der Waals surface area contributed by atoms with Crippen LogP contribution in [0.25, 0.3) is 0 Å². The number of nitrogens with two attached hydrogens (primary N) is 1. The fourth-order valence-corrected chi connectivity index (χ4v) is 2.90. The summed E-state index contributed by atoms with van der Waals surface area (Å²) >= 11 is 1.67. The Labute approximate surface area is 117 Å². The Morgan fingerprint density at radius 1 is 1.37 bits per heavy atom. The molecule has 0 aliphatic rings. The number of nitrogens with zero attached hydrogens (tertiary/aromatic N) is 1. The Bertz CT molecular complexity index is 525. The van der Waals surface area contributed by atoms with E-state index in [0.717, 1.165) is 12.1 Å². The molecular weight excluding hydrogens is 259 g/mol. The van der Waals surface area contributed by atoms with E-state index < -0.39 is 0 Å². The zero-order chi connectivity index (χ0) is 13.8. The molecule has 0 spiro atoms. The van der Waals surface area contributed by atoms with Crippen LogP contribution in [0.3, 0.4) is 0 Å². The largest absolute Gasteiger partial charge is 0.329 e. The number of rotatable bonds is 5. The van der Waals surface area contributed by atoms with Gasteiger partial charge >= 0.3 is 0 Å². The van der Waals surface area contributed by atoms with Crippen molar-refractivity contribution >= 4 is 11.3 Å². The summed E-state index contributed by atoms with van der Waals surface area (Å²) < 4.78 is 14.0. The highest BCUT2D eigenvalue weighted by atomic mass is 32.1. The number of hydrogen-bond donors (Lipinski definition) is 1. The average molecular weight is 278 g/mol. The number of aryl methyl sites for hydroxylation is 1. The molecule has 102 valence electrons. The van der Waals surface area contributed by atoms with Crippen molar-refractivity contribution in [3.63, 3.8) is 0 Å². The summed E-state index contributed by atoms with van der Waals surface area (Å²) in [6, 6.07) is 7.18. The first-order valence-corrected chi connectivity index (χ1v) is 7.23. The molecule has 2 nitrogen and oxygen atoms in total. The second kappa shape index (κ2) is 6.28. The van der Waals surface area contributed by atoms with E-state index in [2.05, 4.69) is 16.3 Å². The van der Waals surface area contributed by atoms with Crippen molar-refractivity contribution in [3.05, 3.63) is 57.5 Å². The van der Waals surface area contributed by atoms with Gasteiger partial charge in [0.25, 0.3) is 0 Å². The van der Waals surface area contributed by atoms with Gasteiger partial charge in [0.05, 0.1) is 0 Å². The van der Waals surface area contributed by atoms with Crippen LogP contribution < -0.4 is 5.73 Å². The number of hydrogen-bond acceptors (Lipinski definition) is 3. The Morgan fingerprint density at radius 3 is 2.79 bits per heavy atom. The molecule has 1 atom stereocenters. The molecule has 0 aliphatic heterocycles. The maximum Gasteiger partial charge on any atom is 0.128 e. The van der Waals surface area contributed by atoms with Crippen molar-refractivity contribution in [2.24, 2.45) is 5.73 Å². The molecule has 0 bridgehead atoms. The van der Waals surface area contributed by atoms with E-state index >= 15 is 0 Å². The Hall–Kier alpha value is -1.23. The van der Waals surface area contributed by atoms with Gasteiger partial charge in [-0.25, -0.2) is 4.39 Å². The molecule has 0 radical (unpaired) electrons. The Kier molecular flexibility index (Phi) is 4.69. The molecule has 2 rings (SSSR count). The summed E-state index contributed by atoms with van der Waals surface area (Å²) in [7, 11) is 1.98. The minimum absolute atomic E-state index is 0.0974. The predicted molar refractivity (Wildman–Crippen MR) is 78.7 cm³/mol. The molecule has 1 heterocycles. The molecule has 2 N–H and O–H groups in total. The number of thiophene rings is 1. The van der Waals surface area contributed by atoms with Gasteiger partial charge in [-0.1, -0.05) is 17.7 Å². The molecule has 0 amide bonds. The number of benzene rings is 1. The van der Waals surface area contributed by atoms with Gasteiger partial charge in [-0.05, 0) is 42.4 Å². The van der Waals surface area contributed by atoms with Gasteiger partial charge in [0.2, 0.25) is 0 Å². The monoisotopic (exact) mass is 278 g/mol.